The van der Waals surface area contributed by atoms with E-state index < -0.39 is 0 Å². The Morgan fingerprint density at radius 1 is 1.29 bits per heavy atom. The van der Waals surface area contributed by atoms with Crippen molar-refractivity contribution in [2.45, 2.75) is 32.7 Å². The van der Waals surface area contributed by atoms with E-state index in [-0.39, 0.29) is 11.9 Å². The summed E-state index contributed by atoms with van der Waals surface area (Å²) >= 11 is 1.77. The largest absolute Gasteiger partial charge is 0.353 e. The van der Waals surface area contributed by atoms with Gasteiger partial charge in [0.05, 0.1) is 18.1 Å². The SMILES string of the molecule is Cc1ccc(CC(C)NC(=O)Cc2ccc(C#N)cc2)s1. The number of thiophene rings is 1. The van der Waals surface area contributed by atoms with E-state index in [2.05, 4.69) is 30.4 Å². The summed E-state index contributed by atoms with van der Waals surface area (Å²) < 4.78 is 0. The number of benzene rings is 1. The second-order valence-electron chi connectivity index (χ2n) is 5.17. The second kappa shape index (κ2) is 7.05. The topological polar surface area (TPSA) is 52.9 Å². The molecule has 0 aliphatic carbocycles. The van der Waals surface area contributed by atoms with Gasteiger partial charge in [-0.05, 0) is 43.7 Å². The number of carbonyl (C=O) groups is 1. The third kappa shape index (κ3) is 4.73. The Balaban J connectivity index is 1.84. The van der Waals surface area contributed by atoms with Gasteiger partial charge in [0.25, 0.3) is 0 Å². The van der Waals surface area contributed by atoms with Gasteiger partial charge in [0.2, 0.25) is 5.91 Å². The van der Waals surface area contributed by atoms with Gasteiger partial charge in [-0.15, -0.1) is 11.3 Å². The molecule has 1 unspecified atom stereocenters. The molecule has 0 fully saturated rings. The number of rotatable bonds is 5. The molecule has 0 radical (unpaired) electrons. The van der Waals surface area contributed by atoms with E-state index in [1.807, 2.05) is 19.1 Å². The van der Waals surface area contributed by atoms with Gasteiger partial charge in [-0.2, -0.15) is 5.26 Å². The maximum Gasteiger partial charge on any atom is 0.224 e. The number of nitriles is 1. The summed E-state index contributed by atoms with van der Waals surface area (Å²) in [5, 5.41) is 11.8. The van der Waals surface area contributed by atoms with Crippen molar-refractivity contribution in [2.24, 2.45) is 0 Å². The quantitative estimate of drug-likeness (QED) is 0.921. The fourth-order valence-corrected chi connectivity index (χ4v) is 3.18. The summed E-state index contributed by atoms with van der Waals surface area (Å²) in [6.45, 7) is 4.11. The molecule has 21 heavy (non-hydrogen) atoms. The standard InChI is InChI=1S/C17H18N2OS/c1-12(9-16-8-3-13(2)21-16)19-17(20)10-14-4-6-15(11-18)7-5-14/h3-8,12H,9-10H2,1-2H3,(H,19,20). The van der Waals surface area contributed by atoms with Crippen molar-refractivity contribution in [1.82, 2.24) is 5.32 Å². The van der Waals surface area contributed by atoms with E-state index >= 15 is 0 Å². The molecule has 3 nitrogen and oxygen atoms in total. The van der Waals surface area contributed by atoms with Crippen molar-refractivity contribution in [1.29, 1.82) is 5.26 Å². The van der Waals surface area contributed by atoms with Crippen molar-refractivity contribution < 1.29 is 4.79 Å². The second-order valence-corrected chi connectivity index (χ2v) is 6.54. The first kappa shape index (κ1) is 15.3. The fourth-order valence-electron chi connectivity index (χ4n) is 2.16. The zero-order valence-corrected chi connectivity index (χ0v) is 13.0. The first-order valence-corrected chi connectivity index (χ1v) is 7.72. The van der Waals surface area contributed by atoms with Gasteiger partial charge in [-0.3, -0.25) is 4.79 Å². The van der Waals surface area contributed by atoms with E-state index in [1.165, 1.54) is 9.75 Å². The maximum atomic E-state index is 12.0. The van der Waals surface area contributed by atoms with Gasteiger partial charge in [0.1, 0.15) is 0 Å². The predicted molar refractivity (Wildman–Crippen MR) is 85.2 cm³/mol. The molecule has 0 saturated heterocycles. The van der Waals surface area contributed by atoms with Crippen molar-refractivity contribution >= 4 is 17.2 Å². The van der Waals surface area contributed by atoms with Crippen LogP contribution >= 0.6 is 11.3 Å². The average Bonchev–Trinajstić information content (AvgIpc) is 2.84. The van der Waals surface area contributed by atoms with Crippen LogP contribution in [-0.2, 0) is 17.6 Å². The average molecular weight is 298 g/mol. The number of hydrogen-bond donors (Lipinski definition) is 1. The molecule has 1 heterocycles. The Labute approximate surface area is 129 Å². The minimum absolute atomic E-state index is 0.0143. The highest BCUT2D eigenvalue weighted by Crippen LogP contribution is 2.16. The van der Waals surface area contributed by atoms with E-state index in [0.717, 1.165) is 12.0 Å². The molecule has 0 aliphatic heterocycles. The van der Waals surface area contributed by atoms with Crippen LogP contribution in [-0.4, -0.2) is 11.9 Å². The summed E-state index contributed by atoms with van der Waals surface area (Å²) in [6, 6.07) is 13.5. The molecule has 1 atom stereocenters. The number of amides is 1. The van der Waals surface area contributed by atoms with Crippen LogP contribution in [0.2, 0.25) is 0 Å². The van der Waals surface area contributed by atoms with Crippen LogP contribution in [0.25, 0.3) is 0 Å². The summed E-state index contributed by atoms with van der Waals surface area (Å²) in [4.78, 5) is 14.6. The number of nitrogens with zero attached hydrogens (tertiary/aromatic N) is 1. The molecule has 0 bridgehead atoms. The lowest BCUT2D eigenvalue weighted by Crippen LogP contribution is -2.34. The highest BCUT2D eigenvalue weighted by atomic mass is 32.1. The van der Waals surface area contributed by atoms with Crippen LogP contribution in [0.4, 0.5) is 0 Å². The van der Waals surface area contributed by atoms with E-state index in [1.54, 1.807) is 23.5 Å². The Hall–Kier alpha value is -2.12. The number of carbonyl (C=O) groups excluding carboxylic acids is 1. The lowest BCUT2D eigenvalue weighted by Gasteiger charge is -2.13. The molecule has 108 valence electrons. The van der Waals surface area contributed by atoms with Gasteiger partial charge in [0, 0.05) is 22.2 Å². The molecular formula is C17H18N2OS. The van der Waals surface area contributed by atoms with Gasteiger partial charge < -0.3 is 5.32 Å². The van der Waals surface area contributed by atoms with Crippen molar-refractivity contribution in [3.8, 4) is 6.07 Å². The van der Waals surface area contributed by atoms with Gasteiger partial charge in [-0.25, -0.2) is 0 Å². The molecule has 0 saturated carbocycles. The predicted octanol–water partition coefficient (Wildman–Crippen LogP) is 3.22. The van der Waals surface area contributed by atoms with Crippen LogP contribution in [0.5, 0.6) is 0 Å². The van der Waals surface area contributed by atoms with Crippen LogP contribution in [0.1, 0.15) is 27.8 Å². The van der Waals surface area contributed by atoms with Crippen LogP contribution in [0.15, 0.2) is 36.4 Å². The molecule has 1 aromatic heterocycles. The lowest BCUT2D eigenvalue weighted by molar-refractivity contribution is -0.121. The third-order valence-corrected chi connectivity index (χ3v) is 4.18. The van der Waals surface area contributed by atoms with Crippen LogP contribution in [0.3, 0.4) is 0 Å². The molecule has 2 aromatic rings. The van der Waals surface area contributed by atoms with E-state index in [9.17, 15) is 4.79 Å². The molecule has 0 spiro atoms. The molecule has 1 amide bonds. The van der Waals surface area contributed by atoms with Crippen molar-refractivity contribution in [3.63, 3.8) is 0 Å². The van der Waals surface area contributed by atoms with Gasteiger partial charge in [-0.1, -0.05) is 12.1 Å². The zero-order valence-electron chi connectivity index (χ0n) is 12.2. The van der Waals surface area contributed by atoms with Crippen LogP contribution in [0, 0.1) is 18.3 Å². The molecular weight excluding hydrogens is 280 g/mol. The zero-order chi connectivity index (χ0) is 15.2. The Bertz CT molecular complexity index is 652. The Morgan fingerprint density at radius 3 is 2.57 bits per heavy atom. The van der Waals surface area contributed by atoms with Crippen molar-refractivity contribution in [2.75, 3.05) is 0 Å². The molecule has 0 aliphatic rings. The summed E-state index contributed by atoms with van der Waals surface area (Å²) in [5.41, 5.74) is 1.53. The van der Waals surface area contributed by atoms with E-state index in [4.69, 9.17) is 5.26 Å². The van der Waals surface area contributed by atoms with Gasteiger partial charge in [0.15, 0.2) is 0 Å². The Morgan fingerprint density at radius 2 is 2.00 bits per heavy atom. The molecule has 1 aromatic carbocycles. The maximum absolute atomic E-state index is 12.0. The third-order valence-electron chi connectivity index (χ3n) is 3.16. The number of hydrogen-bond acceptors (Lipinski definition) is 3. The molecule has 1 N–H and O–H groups in total. The summed E-state index contributed by atoms with van der Waals surface area (Å²) in [7, 11) is 0. The van der Waals surface area contributed by atoms with Gasteiger partial charge >= 0.3 is 0 Å². The number of nitrogens with one attached hydrogen (secondary N) is 1. The normalized spacial score (nSPS) is 11.7. The monoisotopic (exact) mass is 298 g/mol. The van der Waals surface area contributed by atoms with E-state index in [0.29, 0.717) is 12.0 Å². The highest BCUT2D eigenvalue weighted by molar-refractivity contribution is 7.11. The Kier molecular flexibility index (Phi) is 5.13. The van der Waals surface area contributed by atoms with Crippen molar-refractivity contribution in [3.05, 3.63) is 57.3 Å². The molecule has 4 heteroatoms. The number of aryl methyl sites for hydroxylation is 1. The van der Waals surface area contributed by atoms with Crippen LogP contribution < -0.4 is 5.32 Å². The highest BCUT2D eigenvalue weighted by Gasteiger charge is 2.10. The summed E-state index contributed by atoms with van der Waals surface area (Å²) in [5.74, 6) is 0.0143. The lowest BCUT2D eigenvalue weighted by atomic mass is 10.1. The first-order valence-electron chi connectivity index (χ1n) is 6.90. The smallest absolute Gasteiger partial charge is 0.224 e. The minimum Gasteiger partial charge on any atom is -0.353 e. The summed E-state index contributed by atoms with van der Waals surface area (Å²) in [6.07, 6.45) is 1.21. The fraction of sp³-hybridized carbons (Fsp3) is 0.294. The minimum atomic E-state index is 0.0143. The molecule has 2 rings (SSSR count). The first-order chi connectivity index (χ1) is 10.1.